The molecule has 0 aliphatic heterocycles. The molecule has 0 saturated carbocycles. The Morgan fingerprint density at radius 1 is 1.35 bits per heavy atom. The third-order valence-corrected chi connectivity index (χ3v) is 4.97. The Morgan fingerprint density at radius 3 is 2.65 bits per heavy atom. The van der Waals surface area contributed by atoms with Crippen LogP contribution in [0.5, 0.6) is 0 Å². The van der Waals surface area contributed by atoms with Gasteiger partial charge in [-0.25, -0.2) is 9.97 Å². The van der Waals surface area contributed by atoms with Crippen LogP contribution in [0.4, 0.5) is 0 Å². The van der Waals surface area contributed by atoms with Crippen LogP contribution in [0.3, 0.4) is 0 Å². The molecule has 0 spiro atoms. The van der Waals surface area contributed by atoms with Crippen molar-refractivity contribution in [3.8, 4) is 0 Å². The van der Waals surface area contributed by atoms with Crippen molar-refractivity contribution in [2.24, 2.45) is 0 Å². The Bertz CT molecular complexity index is 554. The molecule has 1 amide bonds. The number of aromatic nitrogens is 2. The van der Waals surface area contributed by atoms with Crippen LogP contribution < -0.4 is 0 Å². The average Bonchev–Trinajstić information content (AvgIpc) is 2.78. The van der Waals surface area contributed by atoms with E-state index in [-0.39, 0.29) is 18.0 Å². The van der Waals surface area contributed by atoms with Gasteiger partial charge in [-0.2, -0.15) is 0 Å². The van der Waals surface area contributed by atoms with Crippen LogP contribution in [0.1, 0.15) is 27.7 Å². The molecule has 0 atom stereocenters. The van der Waals surface area contributed by atoms with Crippen molar-refractivity contribution in [3.63, 3.8) is 0 Å². The van der Waals surface area contributed by atoms with E-state index in [1.165, 1.54) is 23.1 Å². The van der Waals surface area contributed by atoms with E-state index in [2.05, 4.69) is 9.97 Å². The number of amides is 1. The van der Waals surface area contributed by atoms with Gasteiger partial charge < -0.3 is 4.90 Å². The van der Waals surface area contributed by atoms with E-state index in [9.17, 15) is 4.79 Å². The lowest BCUT2D eigenvalue weighted by Crippen LogP contribution is -2.43. The molecule has 4 nitrogen and oxygen atoms in total. The minimum atomic E-state index is 0.159. The highest BCUT2D eigenvalue weighted by atomic mass is 32.2. The third kappa shape index (κ3) is 3.49. The predicted molar refractivity (Wildman–Crippen MR) is 85.3 cm³/mol. The minimum Gasteiger partial charge on any atom is -0.337 e. The molecule has 0 unspecified atom stereocenters. The number of hydrogen-bond donors (Lipinski definition) is 0. The van der Waals surface area contributed by atoms with E-state index in [4.69, 9.17) is 0 Å². The normalized spacial score (nSPS) is 11.5. The van der Waals surface area contributed by atoms with Crippen LogP contribution in [0.15, 0.2) is 22.7 Å². The third-order valence-electron chi connectivity index (χ3n) is 2.87. The van der Waals surface area contributed by atoms with Crippen molar-refractivity contribution in [1.29, 1.82) is 0 Å². The van der Waals surface area contributed by atoms with Crippen LogP contribution >= 0.6 is 23.1 Å². The second-order valence-electron chi connectivity index (χ2n) is 5.08. The van der Waals surface area contributed by atoms with Gasteiger partial charge in [0.2, 0.25) is 5.91 Å². The smallest absolute Gasteiger partial charge is 0.233 e. The Kier molecular flexibility index (Phi) is 4.99. The Labute approximate surface area is 127 Å². The number of carbonyl (C=O) groups excluding carboxylic acids is 1. The monoisotopic (exact) mass is 309 g/mol. The minimum absolute atomic E-state index is 0.159. The van der Waals surface area contributed by atoms with Crippen molar-refractivity contribution < 1.29 is 4.79 Å². The van der Waals surface area contributed by atoms with Gasteiger partial charge in [0.1, 0.15) is 10.3 Å². The number of thiazole rings is 1. The number of nitrogens with zero attached hydrogens (tertiary/aromatic N) is 3. The number of pyridine rings is 1. The summed E-state index contributed by atoms with van der Waals surface area (Å²) < 4.78 is 0.902. The maximum atomic E-state index is 12.3. The molecule has 0 saturated heterocycles. The van der Waals surface area contributed by atoms with Gasteiger partial charge in [0.25, 0.3) is 0 Å². The molecular formula is C14H19N3OS2. The molecule has 2 aromatic rings. The van der Waals surface area contributed by atoms with Gasteiger partial charge in [-0.1, -0.05) is 23.1 Å². The second kappa shape index (κ2) is 6.54. The molecule has 0 bridgehead atoms. The van der Waals surface area contributed by atoms with Crippen LogP contribution in [0.2, 0.25) is 0 Å². The summed E-state index contributed by atoms with van der Waals surface area (Å²) in [4.78, 5) is 23.9. The summed E-state index contributed by atoms with van der Waals surface area (Å²) in [5.74, 6) is 0.586. The molecule has 0 aliphatic carbocycles. The first-order valence-corrected chi connectivity index (χ1v) is 8.44. The van der Waals surface area contributed by atoms with Gasteiger partial charge >= 0.3 is 0 Å². The molecule has 6 heteroatoms. The number of hydrogen-bond acceptors (Lipinski definition) is 5. The van der Waals surface area contributed by atoms with Crippen LogP contribution in [0.25, 0.3) is 10.3 Å². The van der Waals surface area contributed by atoms with Crippen molar-refractivity contribution in [2.75, 3.05) is 5.75 Å². The average molecular weight is 309 g/mol. The van der Waals surface area contributed by atoms with E-state index in [0.717, 1.165) is 14.7 Å². The molecular weight excluding hydrogens is 290 g/mol. The SMILES string of the molecule is CC(C)N(C(=O)CSc1nc2cccnc2s1)C(C)C. The summed E-state index contributed by atoms with van der Waals surface area (Å²) in [6, 6.07) is 4.26. The standard InChI is InChI=1S/C14H19N3OS2/c1-9(2)17(10(3)4)12(18)8-19-14-16-11-6-5-7-15-13(11)20-14/h5-7,9-10H,8H2,1-4H3. The van der Waals surface area contributed by atoms with Crippen LogP contribution in [0, 0.1) is 0 Å². The van der Waals surface area contributed by atoms with E-state index in [0.29, 0.717) is 5.75 Å². The zero-order valence-electron chi connectivity index (χ0n) is 12.2. The largest absolute Gasteiger partial charge is 0.337 e. The fourth-order valence-corrected chi connectivity index (χ4v) is 4.03. The number of fused-ring (bicyclic) bond motifs is 1. The highest BCUT2D eigenvalue weighted by molar-refractivity contribution is 8.01. The molecule has 20 heavy (non-hydrogen) atoms. The van der Waals surface area contributed by atoms with Crippen molar-refractivity contribution in [1.82, 2.24) is 14.9 Å². The molecule has 2 rings (SSSR count). The molecule has 2 aromatic heterocycles. The molecule has 2 heterocycles. The molecule has 0 N–H and O–H groups in total. The number of thioether (sulfide) groups is 1. The molecule has 0 radical (unpaired) electrons. The lowest BCUT2D eigenvalue weighted by atomic mass is 10.2. The van der Waals surface area contributed by atoms with E-state index >= 15 is 0 Å². The van der Waals surface area contributed by atoms with E-state index < -0.39 is 0 Å². The Hall–Kier alpha value is -1.14. The fourth-order valence-electron chi connectivity index (χ4n) is 2.18. The van der Waals surface area contributed by atoms with Crippen molar-refractivity contribution in [3.05, 3.63) is 18.3 Å². The molecule has 108 valence electrons. The van der Waals surface area contributed by atoms with Gasteiger partial charge in [-0.3, -0.25) is 4.79 Å². The van der Waals surface area contributed by atoms with Gasteiger partial charge in [-0.05, 0) is 39.8 Å². The van der Waals surface area contributed by atoms with E-state index in [1.807, 2.05) is 44.7 Å². The summed E-state index contributed by atoms with van der Waals surface area (Å²) in [6.45, 7) is 8.18. The Morgan fingerprint density at radius 2 is 2.05 bits per heavy atom. The quantitative estimate of drug-likeness (QED) is 0.794. The maximum absolute atomic E-state index is 12.3. The summed E-state index contributed by atoms with van der Waals surface area (Å²) in [7, 11) is 0. The molecule has 0 aromatic carbocycles. The topological polar surface area (TPSA) is 46.1 Å². The lowest BCUT2D eigenvalue weighted by molar-refractivity contribution is -0.131. The lowest BCUT2D eigenvalue weighted by Gasteiger charge is -2.30. The van der Waals surface area contributed by atoms with E-state index in [1.54, 1.807) is 6.20 Å². The number of carbonyl (C=O) groups is 1. The first kappa shape index (κ1) is 15.3. The Balaban J connectivity index is 2.02. The highest BCUT2D eigenvalue weighted by Gasteiger charge is 2.20. The molecule has 0 aliphatic rings. The summed E-state index contributed by atoms with van der Waals surface area (Å²) in [5.41, 5.74) is 0.900. The zero-order chi connectivity index (χ0) is 14.7. The van der Waals surface area contributed by atoms with Gasteiger partial charge in [-0.15, -0.1) is 0 Å². The summed E-state index contributed by atoms with van der Waals surface area (Å²) >= 11 is 3.03. The summed E-state index contributed by atoms with van der Waals surface area (Å²) in [5, 5.41) is 0. The first-order chi connectivity index (χ1) is 9.49. The van der Waals surface area contributed by atoms with Crippen molar-refractivity contribution in [2.45, 2.75) is 44.1 Å². The second-order valence-corrected chi connectivity index (χ2v) is 7.28. The fraction of sp³-hybridized carbons (Fsp3) is 0.500. The zero-order valence-corrected chi connectivity index (χ0v) is 13.8. The molecule has 0 fully saturated rings. The van der Waals surface area contributed by atoms with Gasteiger partial charge in [0, 0.05) is 18.3 Å². The van der Waals surface area contributed by atoms with Crippen LogP contribution in [-0.4, -0.2) is 38.6 Å². The van der Waals surface area contributed by atoms with Gasteiger partial charge in [0.15, 0.2) is 4.34 Å². The van der Waals surface area contributed by atoms with Gasteiger partial charge in [0.05, 0.1) is 5.75 Å². The van der Waals surface area contributed by atoms with Crippen LogP contribution in [-0.2, 0) is 4.79 Å². The number of rotatable bonds is 5. The highest BCUT2D eigenvalue weighted by Crippen LogP contribution is 2.28. The first-order valence-electron chi connectivity index (χ1n) is 6.64. The summed E-state index contributed by atoms with van der Waals surface area (Å²) in [6.07, 6.45) is 1.76. The predicted octanol–water partition coefficient (Wildman–Crippen LogP) is 3.43. The maximum Gasteiger partial charge on any atom is 0.233 e. The van der Waals surface area contributed by atoms with Crippen molar-refractivity contribution >= 4 is 39.4 Å².